The van der Waals surface area contributed by atoms with E-state index < -0.39 is 8.07 Å². The van der Waals surface area contributed by atoms with Crippen molar-refractivity contribution < 1.29 is 0 Å². The quantitative estimate of drug-likeness (QED) is 0.635. The van der Waals surface area contributed by atoms with Crippen LogP contribution >= 0.6 is 0 Å². The van der Waals surface area contributed by atoms with Gasteiger partial charge in [0.25, 0.3) is 0 Å². The molecule has 1 unspecified atom stereocenters. The molecule has 0 aromatic heterocycles. The Morgan fingerprint density at radius 2 is 1.63 bits per heavy atom. The maximum absolute atomic E-state index is 2.53. The Bertz CT molecular complexity index is 590. The molecule has 98 valence electrons. The summed E-state index contributed by atoms with van der Waals surface area (Å²) >= 11 is 0. The summed E-state index contributed by atoms with van der Waals surface area (Å²) in [4.78, 5) is 0. The molecule has 0 bridgehead atoms. The van der Waals surface area contributed by atoms with Crippen molar-refractivity contribution in [3.63, 3.8) is 0 Å². The van der Waals surface area contributed by atoms with E-state index in [1.807, 2.05) is 0 Å². The SMILES string of the molecule is CC1=C([Si](C)(C)C2C=CC=C2)C(C)c2ccccc21. The Morgan fingerprint density at radius 1 is 1.00 bits per heavy atom. The summed E-state index contributed by atoms with van der Waals surface area (Å²) in [6.45, 7) is 9.77. The van der Waals surface area contributed by atoms with Crippen molar-refractivity contribution in [2.45, 2.75) is 38.4 Å². The minimum Gasteiger partial charge on any atom is -0.0800 e. The van der Waals surface area contributed by atoms with E-state index in [0.29, 0.717) is 11.5 Å². The average molecular weight is 266 g/mol. The van der Waals surface area contributed by atoms with Gasteiger partial charge in [-0.2, -0.15) is 0 Å². The molecule has 2 aliphatic rings. The molecular formula is C18H22Si. The maximum Gasteiger partial charge on any atom is 0.0872 e. The van der Waals surface area contributed by atoms with E-state index in [-0.39, 0.29) is 0 Å². The Kier molecular flexibility index (Phi) is 2.90. The lowest BCUT2D eigenvalue weighted by Gasteiger charge is -2.33. The van der Waals surface area contributed by atoms with Gasteiger partial charge in [0.2, 0.25) is 0 Å². The summed E-state index contributed by atoms with van der Waals surface area (Å²) < 4.78 is 0. The van der Waals surface area contributed by atoms with Crippen LogP contribution in [0.3, 0.4) is 0 Å². The number of fused-ring (bicyclic) bond motifs is 1. The Labute approximate surface area is 117 Å². The van der Waals surface area contributed by atoms with Crippen LogP contribution < -0.4 is 0 Å². The second kappa shape index (κ2) is 4.34. The lowest BCUT2D eigenvalue weighted by Crippen LogP contribution is -2.35. The third-order valence-corrected chi connectivity index (χ3v) is 9.19. The van der Waals surface area contributed by atoms with Crippen molar-refractivity contribution in [2.75, 3.05) is 0 Å². The topological polar surface area (TPSA) is 0 Å². The average Bonchev–Trinajstić information content (AvgIpc) is 2.99. The normalized spacial score (nSPS) is 22.4. The molecule has 1 heteroatoms. The van der Waals surface area contributed by atoms with Crippen molar-refractivity contribution in [1.82, 2.24) is 0 Å². The predicted octanol–water partition coefficient (Wildman–Crippen LogP) is 5.32. The molecule has 1 aromatic carbocycles. The van der Waals surface area contributed by atoms with E-state index in [9.17, 15) is 0 Å². The molecule has 0 saturated heterocycles. The zero-order valence-electron chi connectivity index (χ0n) is 12.3. The molecule has 0 saturated carbocycles. The van der Waals surface area contributed by atoms with Crippen LogP contribution in [0.15, 0.2) is 53.8 Å². The van der Waals surface area contributed by atoms with Gasteiger partial charge in [0, 0.05) is 0 Å². The molecule has 3 rings (SSSR count). The highest BCUT2D eigenvalue weighted by Gasteiger charge is 2.40. The summed E-state index contributed by atoms with van der Waals surface area (Å²) in [5, 5.41) is 1.75. The molecule has 0 radical (unpaired) electrons. The first-order valence-corrected chi connectivity index (χ1v) is 10.3. The molecular weight excluding hydrogens is 244 g/mol. The van der Waals surface area contributed by atoms with Gasteiger partial charge in [-0.25, -0.2) is 0 Å². The molecule has 0 N–H and O–H groups in total. The molecule has 0 nitrogen and oxygen atoms in total. The van der Waals surface area contributed by atoms with Gasteiger partial charge in [0.15, 0.2) is 0 Å². The van der Waals surface area contributed by atoms with Crippen molar-refractivity contribution in [3.8, 4) is 0 Å². The van der Waals surface area contributed by atoms with Crippen LogP contribution in [0.1, 0.15) is 30.9 Å². The zero-order valence-corrected chi connectivity index (χ0v) is 13.3. The van der Waals surface area contributed by atoms with Crippen LogP contribution in [0.5, 0.6) is 0 Å². The largest absolute Gasteiger partial charge is 0.0872 e. The van der Waals surface area contributed by atoms with Gasteiger partial charge in [-0.15, -0.1) is 0 Å². The van der Waals surface area contributed by atoms with E-state index in [2.05, 4.69) is 75.5 Å². The molecule has 0 spiro atoms. The van der Waals surface area contributed by atoms with Crippen LogP contribution in [0.4, 0.5) is 0 Å². The summed E-state index contributed by atoms with van der Waals surface area (Å²) in [5.41, 5.74) is 5.22. The summed E-state index contributed by atoms with van der Waals surface area (Å²) in [5.74, 6) is 0.597. The molecule has 1 atom stereocenters. The van der Waals surface area contributed by atoms with Crippen molar-refractivity contribution in [1.29, 1.82) is 0 Å². The van der Waals surface area contributed by atoms with Gasteiger partial charge in [0.05, 0.1) is 8.07 Å². The molecule has 0 amide bonds. The monoisotopic (exact) mass is 266 g/mol. The van der Waals surface area contributed by atoms with Crippen LogP contribution in [0.2, 0.25) is 18.6 Å². The molecule has 19 heavy (non-hydrogen) atoms. The standard InChI is InChI=1S/C18H22Si/c1-13-16-11-7-8-12-17(16)14(2)18(13)19(3,4)15-9-5-6-10-15/h5-13,15H,1-4H3. The lowest BCUT2D eigenvalue weighted by atomic mass is 10.0. The second-order valence-corrected chi connectivity index (χ2v) is 11.0. The lowest BCUT2D eigenvalue weighted by molar-refractivity contribution is 0.951. The minimum absolute atomic E-state index is 0.597. The molecule has 1 aromatic rings. The summed E-state index contributed by atoms with van der Waals surface area (Å²) in [7, 11) is -1.46. The van der Waals surface area contributed by atoms with Crippen LogP contribution in [0, 0.1) is 0 Å². The molecule has 0 heterocycles. The first-order chi connectivity index (χ1) is 9.03. The highest BCUT2D eigenvalue weighted by Crippen LogP contribution is 2.49. The molecule has 0 aliphatic heterocycles. The van der Waals surface area contributed by atoms with Gasteiger partial charge in [-0.3, -0.25) is 0 Å². The third-order valence-electron chi connectivity index (χ3n) is 4.94. The Balaban J connectivity index is 2.09. The molecule has 2 aliphatic carbocycles. The minimum atomic E-state index is -1.46. The van der Waals surface area contributed by atoms with Gasteiger partial charge < -0.3 is 0 Å². The molecule has 0 fully saturated rings. The van der Waals surface area contributed by atoms with E-state index >= 15 is 0 Å². The van der Waals surface area contributed by atoms with Crippen molar-refractivity contribution in [3.05, 3.63) is 64.9 Å². The van der Waals surface area contributed by atoms with E-state index in [1.54, 1.807) is 10.8 Å². The fraction of sp³-hybridized carbons (Fsp3) is 0.333. The highest BCUT2D eigenvalue weighted by molar-refractivity contribution is 6.87. The Morgan fingerprint density at radius 3 is 2.26 bits per heavy atom. The maximum atomic E-state index is 2.53. The number of rotatable bonds is 2. The van der Waals surface area contributed by atoms with Gasteiger partial charge in [-0.1, -0.05) is 73.8 Å². The van der Waals surface area contributed by atoms with E-state index in [1.165, 1.54) is 11.1 Å². The first kappa shape index (κ1) is 12.7. The van der Waals surface area contributed by atoms with Gasteiger partial charge >= 0.3 is 0 Å². The van der Waals surface area contributed by atoms with Gasteiger partial charge in [-0.05, 0) is 35.1 Å². The third kappa shape index (κ3) is 1.79. The number of hydrogen-bond donors (Lipinski definition) is 0. The summed E-state index contributed by atoms with van der Waals surface area (Å²) in [6, 6.07) is 8.94. The smallest absolute Gasteiger partial charge is 0.0800 e. The number of benzene rings is 1. The van der Waals surface area contributed by atoms with E-state index in [4.69, 9.17) is 0 Å². The number of allylic oxidation sites excluding steroid dienone is 6. The number of hydrogen-bond acceptors (Lipinski definition) is 0. The van der Waals surface area contributed by atoms with Gasteiger partial charge in [0.1, 0.15) is 0 Å². The zero-order chi connectivity index (χ0) is 13.6. The van der Waals surface area contributed by atoms with Crippen LogP contribution in [-0.4, -0.2) is 8.07 Å². The summed E-state index contributed by atoms with van der Waals surface area (Å²) in [6.07, 6.45) is 9.20. The fourth-order valence-electron chi connectivity index (χ4n) is 3.98. The van der Waals surface area contributed by atoms with E-state index in [0.717, 1.165) is 0 Å². The second-order valence-electron chi connectivity index (χ2n) is 6.36. The first-order valence-electron chi connectivity index (χ1n) is 7.19. The fourth-order valence-corrected chi connectivity index (χ4v) is 7.89. The van der Waals surface area contributed by atoms with Crippen molar-refractivity contribution >= 4 is 13.6 Å². The van der Waals surface area contributed by atoms with Crippen molar-refractivity contribution in [2.24, 2.45) is 0 Å². The van der Waals surface area contributed by atoms with Crippen LogP contribution in [-0.2, 0) is 0 Å². The Hall–Kier alpha value is -1.34. The van der Waals surface area contributed by atoms with Crippen LogP contribution in [0.25, 0.3) is 5.57 Å². The highest BCUT2D eigenvalue weighted by atomic mass is 28.3. The predicted molar refractivity (Wildman–Crippen MR) is 87.0 cm³/mol.